The molecular formula is C22H29NO2. The molecule has 3 rings (SSSR count). The summed E-state index contributed by atoms with van der Waals surface area (Å²) in [6, 6.07) is 10.1. The lowest BCUT2D eigenvalue weighted by atomic mass is 9.75. The van der Waals surface area contributed by atoms with Gasteiger partial charge in [-0.1, -0.05) is 57.2 Å². The van der Waals surface area contributed by atoms with Crippen molar-refractivity contribution >= 4 is 11.6 Å². The Hall–Kier alpha value is -1.87. The van der Waals surface area contributed by atoms with Crippen LogP contribution in [0.3, 0.4) is 0 Å². The molecule has 0 bridgehead atoms. The number of amides is 1. The zero-order chi connectivity index (χ0) is 18.0. The van der Waals surface area contributed by atoms with Gasteiger partial charge in [-0.3, -0.25) is 4.79 Å². The van der Waals surface area contributed by atoms with E-state index in [0.717, 1.165) is 24.9 Å². The molecule has 3 heteroatoms. The molecular weight excluding hydrogens is 310 g/mol. The molecule has 25 heavy (non-hydrogen) atoms. The molecule has 0 spiro atoms. The minimum Gasteiger partial charge on any atom is -0.393 e. The van der Waals surface area contributed by atoms with Crippen LogP contribution >= 0.6 is 0 Å². The van der Waals surface area contributed by atoms with Crippen LogP contribution in [0.4, 0.5) is 5.69 Å². The lowest BCUT2D eigenvalue weighted by molar-refractivity contribution is -0.130. The van der Waals surface area contributed by atoms with E-state index in [1.54, 1.807) is 0 Å². The second-order valence-corrected chi connectivity index (χ2v) is 8.26. The van der Waals surface area contributed by atoms with Crippen molar-refractivity contribution in [3.05, 3.63) is 54.1 Å². The largest absolute Gasteiger partial charge is 0.393 e. The van der Waals surface area contributed by atoms with E-state index in [1.807, 2.05) is 56.0 Å². The molecule has 0 radical (unpaired) electrons. The van der Waals surface area contributed by atoms with Crippen molar-refractivity contribution in [1.82, 2.24) is 0 Å². The van der Waals surface area contributed by atoms with Gasteiger partial charge in [-0.25, -0.2) is 0 Å². The van der Waals surface area contributed by atoms with E-state index in [9.17, 15) is 9.90 Å². The number of para-hydroxylation sites is 1. The maximum Gasteiger partial charge on any atom is 0.233 e. The maximum atomic E-state index is 12.9. The average molecular weight is 339 g/mol. The standard InChI is InChI=1S/C22H29NO2/c1-22(2,3)19(24)15-14-18-20(16-10-6-4-7-11-16)23(21(18)25)17-12-8-5-9-13-17/h4-6,8-10,12-13,18-20,24H,7,11,14-15H2,1-3H3. The first-order chi connectivity index (χ1) is 11.9. The van der Waals surface area contributed by atoms with Crippen molar-refractivity contribution in [1.29, 1.82) is 0 Å². The number of hydrogen-bond donors (Lipinski definition) is 1. The van der Waals surface area contributed by atoms with Gasteiger partial charge in [0, 0.05) is 5.69 Å². The molecule has 1 saturated heterocycles. The Morgan fingerprint density at radius 1 is 1.24 bits per heavy atom. The Kier molecular flexibility index (Phi) is 5.14. The van der Waals surface area contributed by atoms with Crippen molar-refractivity contribution in [3.63, 3.8) is 0 Å². The highest BCUT2D eigenvalue weighted by atomic mass is 16.3. The molecule has 1 aliphatic carbocycles. The first-order valence-electron chi connectivity index (χ1n) is 9.31. The number of carbonyl (C=O) groups is 1. The third-order valence-corrected chi connectivity index (χ3v) is 5.43. The predicted molar refractivity (Wildman–Crippen MR) is 102 cm³/mol. The molecule has 1 fully saturated rings. The SMILES string of the molecule is CC(C)(C)C(O)CCC1C(=O)N(c2ccccc2)C1C1=CC=CCC1. The molecule has 2 aliphatic rings. The van der Waals surface area contributed by atoms with Crippen LogP contribution in [0.1, 0.15) is 46.5 Å². The molecule has 0 saturated carbocycles. The van der Waals surface area contributed by atoms with Gasteiger partial charge in [-0.05, 0) is 48.8 Å². The maximum absolute atomic E-state index is 12.9. The highest BCUT2D eigenvalue weighted by molar-refractivity contribution is 6.04. The topological polar surface area (TPSA) is 40.5 Å². The number of hydrogen-bond acceptors (Lipinski definition) is 2. The van der Waals surface area contributed by atoms with E-state index >= 15 is 0 Å². The van der Waals surface area contributed by atoms with Gasteiger partial charge in [0.2, 0.25) is 5.91 Å². The first-order valence-corrected chi connectivity index (χ1v) is 9.31. The van der Waals surface area contributed by atoms with E-state index in [-0.39, 0.29) is 29.4 Å². The summed E-state index contributed by atoms with van der Waals surface area (Å²) in [5, 5.41) is 10.4. The minimum absolute atomic E-state index is 0.0186. The third-order valence-electron chi connectivity index (χ3n) is 5.43. The first kappa shape index (κ1) is 17.9. The summed E-state index contributed by atoms with van der Waals surface area (Å²) < 4.78 is 0. The minimum atomic E-state index is -0.382. The zero-order valence-electron chi connectivity index (χ0n) is 15.5. The van der Waals surface area contributed by atoms with Gasteiger partial charge in [-0.15, -0.1) is 0 Å². The van der Waals surface area contributed by atoms with Crippen molar-refractivity contribution in [2.24, 2.45) is 11.3 Å². The Morgan fingerprint density at radius 2 is 1.96 bits per heavy atom. The smallest absolute Gasteiger partial charge is 0.233 e. The van der Waals surface area contributed by atoms with Crippen LogP contribution < -0.4 is 4.90 Å². The fraction of sp³-hybridized carbons (Fsp3) is 0.500. The van der Waals surface area contributed by atoms with E-state index < -0.39 is 0 Å². The number of β-lactam (4-membered cyclic amide) rings is 1. The van der Waals surface area contributed by atoms with Crippen LogP contribution in [0.5, 0.6) is 0 Å². The summed E-state index contributed by atoms with van der Waals surface area (Å²) in [5.41, 5.74) is 2.16. The van der Waals surface area contributed by atoms with E-state index in [2.05, 4.69) is 18.2 Å². The highest BCUT2D eigenvalue weighted by Gasteiger charge is 2.49. The normalized spacial score (nSPS) is 24.7. The number of aliphatic hydroxyl groups is 1. The summed E-state index contributed by atoms with van der Waals surface area (Å²) in [6.07, 6.45) is 9.53. The molecule has 1 N–H and O–H groups in total. The fourth-order valence-corrected chi connectivity index (χ4v) is 3.77. The number of allylic oxidation sites excluding steroid dienone is 3. The monoisotopic (exact) mass is 339 g/mol. The van der Waals surface area contributed by atoms with Gasteiger partial charge in [-0.2, -0.15) is 0 Å². The molecule has 3 unspecified atom stereocenters. The second kappa shape index (κ2) is 7.17. The van der Waals surface area contributed by atoms with Gasteiger partial charge in [0.25, 0.3) is 0 Å². The lowest BCUT2D eigenvalue weighted by Crippen LogP contribution is -2.62. The van der Waals surface area contributed by atoms with Crippen molar-refractivity contribution in [2.45, 2.75) is 58.6 Å². The summed E-state index contributed by atoms with van der Waals surface area (Å²) in [4.78, 5) is 14.8. The number of benzene rings is 1. The quantitative estimate of drug-likeness (QED) is 0.804. The Balaban J connectivity index is 1.79. The molecule has 0 aromatic heterocycles. The van der Waals surface area contributed by atoms with Crippen LogP contribution in [0.15, 0.2) is 54.1 Å². The summed E-state index contributed by atoms with van der Waals surface area (Å²) in [6.45, 7) is 6.13. The third kappa shape index (κ3) is 3.72. The van der Waals surface area contributed by atoms with E-state index in [1.165, 1.54) is 5.57 Å². The zero-order valence-corrected chi connectivity index (χ0v) is 15.5. The van der Waals surface area contributed by atoms with Crippen LogP contribution in [0.25, 0.3) is 0 Å². The van der Waals surface area contributed by atoms with Crippen LogP contribution in [-0.4, -0.2) is 23.2 Å². The van der Waals surface area contributed by atoms with Gasteiger partial charge in [0.1, 0.15) is 0 Å². The molecule has 3 nitrogen and oxygen atoms in total. The number of rotatable bonds is 5. The highest BCUT2D eigenvalue weighted by Crippen LogP contribution is 2.41. The second-order valence-electron chi connectivity index (χ2n) is 8.26. The van der Waals surface area contributed by atoms with Crippen molar-refractivity contribution in [3.8, 4) is 0 Å². The lowest BCUT2D eigenvalue weighted by Gasteiger charge is -2.49. The van der Waals surface area contributed by atoms with Crippen molar-refractivity contribution < 1.29 is 9.90 Å². The summed E-state index contributed by atoms with van der Waals surface area (Å²) in [5.74, 6) is 0.169. The number of anilines is 1. The van der Waals surface area contributed by atoms with Crippen LogP contribution in [-0.2, 0) is 4.79 Å². The molecule has 1 aliphatic heterocycles. The molecule has 3 atom stereocenters. The van der Waals surface area contributed by atoms with E-state index in [4.69, 9.17) is 0 Å². The van der Waals surface area contributed by atoms with E-state index in [0.29, 0.717) is 6.42 Å². The Morgan fingerprint density at radius 3 is 2.56 bits per heavy atom. The number of nitrogens with zero attached hydrogens (tertiary/aromatic N) is 1. The fourth-order valence-electron chi connectivity index (χ4n) is 3.77. The van der Waals surface area contributed by atoms with Gasteiger partial charge < -0.3 is 10.0 Å². The van der Waals surface area contributed by atoms with Crippen molar-refractivity contribution in [2.75, 3.05) is 4.90 Å². The molecule has 134 valence electrons. The Labute approximate surface area is 151 Å². The Bertz CT molecular complexity index is 669. The number of aliphatic hydroxyl groups excluding tert-OH is 1. The van der Waals surface area contributed by atoms with Crippen LogP contribution in [0, 0.1) is 11.3 Å². The predicted octanol–water partition coefficient (Wildman–Crippen LogP) is 4.48. The summed E-state index contributed by atoms with van der Waals surface area (Å²) in [7, 11) is 0. The molecule has 1 aromatic rings. The summed E-state index contributed by atoms with van der Waals surface area (Å²) >= 11 is 0. The van der Waals surface area contributed by atoms with Crippen LogP contribution in [0.2, 0.25) is 0 Å². The van der Waals surface area contributed by atoms with Gasteiger partial charge in [0.05, 0.1) is 18.1 Å². The molecule has 1 heterocycles. The van der Waals surface area contributed by atoms with Gasteiger partial charge >= 0.3 is 0 Å². The molecule has 1 aromatic carbocycles. The number of carbonyl (C=O) groups excluding carboxylic acids is 1. The average Bonchev–Trinajstić information content (AvgIpc) is 2.60. The molecule has 1 amide bonds. The van der Waals surface area contributed by atoms with Gasteiger partial charge in [0.15, 0.2) is 0 Å².